The quantitative estimate of drug-likeness (QED) is 0.832. The van der Waals surface area contributed by atoms with E-state index in [4.69, 9.17) is 0 Å². The number of amides is 1. The van der Waals surface area contributed by atoms with Crippen LogP contribution in [0.5, 0.6) is 0 Å². The van der Waals surface area contributed by atoms with Gasteiger partial charge in [-0.1, -0.05) is 23.8 Å². The van der Waals surface area contributed by atoms with Gasteiger partial charge in [0.25, 0.3) is 5.91 Å². The van der Waals surface area contributed by atoms with Gasteiger partial charge in [-0.05, 0) is 57.1 Å². The molecule has 4 nitrogen and oxygen atoms in total. The van der Waals surface area contributed by atoms with E-state index in [0.717, 1.165) is 62.1 Å². The van der Waals surface area contributed by atoms with Crippen LogP contribution in [0.4, 0.5) is 5.69 Å². The molecule has 2 aliphatic rings. The standard InChI is InChI=1S/C20H28N2O2/c1-15(16-6-2-3-7-16)20(24)21-19-9-5-4-8-17(19)14-22-12-10-18(23)11-13-22/h4-5,8-9,18,23H,2-3,6-7,10-14H2,1H3,(H,21,24). The maximum atomic E-state index is 12.6. The zero-order valence-electron chi connectivity index (χ0n) is 14.6. The van der Waals surface area contributed by atoms with E-state index in [2.05, 4.69) is 16.3 Å². The van der Waals surface area contributed by atoms with E-state index < -0.39 is 0 Å². The fourth-order valence-electron chi connectivity index (χ4n) is 3.65. The summed E-state index contributed by atoms with van der Waals surface area (Å²) in [7, 11) is 0. The van der Waals surface area contributed by atoms with E-state index in [1.807, 2.05) is 25.1 Å². The Morgan fingerprint density at radius 2 is 1.88 bits per heavy atom. The fraction of sp³-hybridized carbons (Fsp3) is 0.550. The van der Waals surface area contributed by atoms with Gasteiger partial charge in [0.1, 0.15) is 0 Å². The van der Waals surface area contributed by atoms with Gasteiger partial charge in [-0.2, -0.15) is 0 Å². The van der Waals surface area contributed by atoms with Crippen molar-refractivity contribution in [1.82, 2.24) is 4.90 Å². The third-order valence-corrected chi connectivity index (χ3v) is 5.29. The largest absolute Gasteiger partial charge is 0.393 e. The molecule has 0 atom stereocenters. The number of carbonyl (C=O) groups is 1. The molecule has 130 valence electrons. The summed E-state index contributed by atoms with van der Waals surface area (Å²) in [5, 5.41) is 12.8. The minimum Gasteiger partial charge on any atom is -0.393 e. The van der Waals surface area contributed by atoms with Crippen molar-refractivity contribution < 1.29 is 9.90 Å². The van der Waals surface area contributed by atoms with Gasteiger partial charge in [-0.3, -0.25) is 9.69 Å². The van der Waals surface area contributed by atoms with Crippen molar-refractivity contribution in [3.05, 3.63) is 41.0 Å². The van der Waals surface area contributed by atoms with Crippen LogP contribution in [0.2, 0.25) is 0 Å². The predicted octanol–water partition coefficient (Wildman–Crippen LogP) is 3.47. The molecule has 4 heteroatoms. The minimum absolute atomic E-state index is 0.0356. The topological polar surface area (TPSA) is 52.6 Å². The lowest BCUT2D eigenvalue weighted by Gasteiger charge is -2.30. The molecule has 3 rings (SSSR count). The fourth-order valence-corrected chi connectivity index (χ4v) is 3.65. The number of aliphatic hydroxyl groups is 1. The number of allylic oxidation sites excluding steroid dienone is 1. The Kier molecular flexibility index (Phi) is 5.69. The van der Waals surface area contributed by atoms with Gasteiger partial charge in [0, 0.05) is 30.9 Å². The van der Waals surface area contributed by atoms with Crippen molar-refractivity contribution >= 4 is 11.6 Å². The van der Waals surface area contributed by atoms with E-state index in [-0.39, 0.29) is 12.0 Å². The third-order valence-electron chi connectivity index (χ3n) is 5.29. The molecule has 0 unspecified atom stereocenters. The maximum Gasteiger partial charge on any atom is 0.251 e. The molecular weight excluding hydrogens is 300 g/mol. The molecule has 1 saturated carbocycles. The van der Waals surface area contributed by atoms with E-state index in [1.54, 1.807) is 0 Å². The summed E-state index contributed by atoms with van der Waals surface area (Å²) in [6.45, 7) is 4.59. The summed E-state index contributed by atoms with van der Waals surface area (Å²) in [4.78, 5) is 14.9. The lowest BCUT2D eigenvalue weighted by atomic mass is 10.1. The van der Waals surface area contributed by atoms with Gasteiger partial charge in [0.2, 0.25) is 0 Å². The monoisotopic (exact) mass is 328 g/mol. The first-order valence-electron chi connectivity index (χ1n) is 9.12. The highest BCUT2D eigenvalue weighted by atomic mass is 16.3. The number of aliphatic hydroxyl groups excluding tert-OH is 1. The Balaban J connectivity index is 1.67. The molecule has 1 saturated heterocycles. The zero-order valence-corrected chi connectivity index (χ0v) is 14.6. The average Bonchev–Trinajstić information content (AvgIpc) is 3.12. The van der Waals surface area contributed by atoms with Crippen LogP contribution in [0.3, 0.4) is 0 Å². The molecule has 1 aromatic rings. The number of benzene rings is 1. The van der Waals surface area contributed by atoms with Gasteiger partial charge < -0.3 is 10.4 Å². The molecule has 1 aromatic carbocycles. The predicted molar refractivity (Wildman–Crippen MR) is 96.8 cm³/mol. The van der Waals surface area contributed by atoms with Gasteiger partial charge in [0.15, 0.2) is 0 Å². The Morgan fingerprint density at radius 3 is 2.58 bits per heavy atom. The molecule has 2 N–H and O–H groups in total. The molecule has 1 heterocycles. The van der Waals surface area contributed by atoms with Crippen molar-refractivity contribution in [1.29, 1.82) is 0 Å². The van der Waals surface area contributed by atoms with Gasteiger partial charge in [-0.15, -0.1) is 0 Å². The van der Waals surface area contributed by atoms with Crippen LogP contribution in [0.1, 0.15) is 51.0 Å². The number of piperidine rings is 1. The van der Waals surface area contributed by atoms with Crippen molar-refractivity contribution in [3.63, 3.8) is 0 Å². The first-order chi connectivity index (χ1) is 11.6. The average molecular weight is 328 g/mol. The molecule has 0 spiro atoms. The molecule has 0 aromatic heterocycles. The van der Waals surface area contributed by atoms with Gasteiger partial charge >= 0.3 is 0 Å². The minimum atomic E-state index is -0.156. The lowest BCUT2D eigenvalue weighted by Crippen LogP contribution is -2.35. The number of hydrogen-bond donors (Lipinski definition) is 2. The molecule has 1 aliphatic carbocycles. The maximum absolute atomic E-state index is 12.6. The number of para-hydroxylation sites is 1. The van der Waals surface area contributed by atoms with Crippen LogP contribution in [-0.2, 0) is 11.3 Å². The number of likely N-dealkylation sites (tertiary alicyclic amines) is 1. The Morgan fingerprint density at radius 1 is 1.21 bits per heavy atom. The Bertz CT molecular complexity index is 608. The van der Waals surface area contributed by atoms with Crippen LogP contribution < -0.4 is 5.32 Å². The lowest BCUT2D eigenvalue weighted by molar-refractivity contribution is -0.112. The van der Waals surface area contributed by atoms with Crippen LogP contribution in [-0.4, -0.2) is 35.1 Å². The summed E-state index contributed by atoms with van der Waals surface area (Å²) in [6, 6.07) is 8.06. The summed E-state index contributed by atoms with van der Waals surface area (Å²) in [5.41, 5.74) is 4.26. The summed E-state index contributed by atoms with van der Waals surface area (Å²) in [6.07, 6.45) is 6.05. The molecule has 1 aliphatic heterocycles. The number of rotatable bonds is 4. The number of nitrogens with one attached hydrogen (secondary N) is 1. The van der Waals surface area contributed by atoms with E-state index in [1.165, 1.54) is 18.4 Å². The second-order valence-electron chi connectivity index (χ2n) is 7.05. The van der Waals surface area contributed by atoms with Crippen LogP contribution in [0.25, 0.3) is 0 Å². The SMILES string of the molecule is CC(C(=O)Nc1ccccc1CN1CCC(O)CC1)=C1CCCC1. The molecule has 0 radical (unpaired) electrons. The number of nitrogens with zero attached hydrogens (tertiary/aromatic N) is 1. The molecule has 1 amide bonds. The van der Waals surface area contributed by atoms with Gasteiger partial charge in [-0.25, -0.2) is 0 Å². The Labute approximate surface area is 144 Å². The van der Waals surface area contributed by atoms with Crippen molar-refractivity contribution in [2.75, 3.05) is 18.4 Å². The number of hydrogen-bond acceptors (Lipinski definition) is 3. The Hall–Kier alpha value is -1.65. The van der Waals surface area contributed by atoms with E-state index in [9.17, 15) is 9.90 Å². The highest BCUT2D eigenvalue weighted by molar-refractivity contribution is 6.04. The molecule has 24 heavy (non-hydrogen) atoms. The third kappa shape index (κ3) is 4.25. The van der Waals surface area contributed by atoms with Crippen molar-refractivity contribution in [2.45, 2.75) is 58.1 Å². The second-order valence-corrected chi connectivity index (χ2v) is 7.05. The smallest absolute Gasteiger partial charge is 0.251 e. The zero-order chi connectivity index (χ0) is 16.9. The van der Waals surface area contributed by atoms with Crippen LogP contribution in [0, 0.1) is 0 Å². The van der Waals surface area contributed by atoms with Crippen molar-refractivity contribution in [2.24, 2.45) is 0 Å². The van der Waals surface area contributed by atoms with Crippen molar-refractivity contribution in [3.8, 4) is 0 Å². The summed E-state index contributed by atoms with van der Waals surface area (Å²) < 4.78 is 0. The van der Waals surface area contributed by atoms with Gasteiger partial charge in [0.05, 0.1) is 6.10 Å². The normalized spacial score (nSPS) is 19.5. The first kappa shape index (κ1) is 17.2. The number of anilines is 1. The van der Waals surface area contributed by atoms with E-state index >= 15 is 0 Å². The van der Waals surface area contributed by atoms with Crippen LogP contribution in [0.15, 0.2) is 35.4 Å². The summed E-state index contributed by atoms with van der Waals surface area (Å²) in [5.74, 6) is 0.0356. The molecule has 2 fully saturated rings. The van der Waals surface area contributed by atoms with E-state index in [0.29, 0.717) is 0 Å². The molecule has 0 bridgehead atoms. The van der Waals surface area contributed by atoms with Crippen LogP contribution >= 0.6 is 0 Å². The summed E-state index contributed by atoms with van der Waals surface area (Å²) >= 11 is 0. The highest BCUT2D eigenvalue weighted by Gasteiger charge is 2.19. The highest BCUT2D eigenvalue weighted by Crippen LogP contribution is 2.28. The first-order valence-corrected chi connectivity index (χ1v) is 9.12. The second kappa shape index (κ2) is 7.95. The number of carbonyl (C=O) groups excluding carboxylic acids is 1. The molecular formula is C20H28N2O2.